The molecule has 0 saturated carbocycles. The molecule has 0 radical (unpaired) electrons. The molecule has 1 N–H and O–H groups in total. The van der Waals surface area contributed by atoms with E-state index >= 15 is 0 Å². The summed E-state index contributed by atoms with van der Waals surface area (Å²) in [5, 5.41) is 3.39. The summed E-state index contributed by atoms with van der Waals surface area (Å²) < 4.78 is 6.55. The number of hydrogen-bond acceptors (Lipinski definition) is 3. The quantitative estimate of drug-likeness (QED) is 0.828. The number of likely N-dealkylation sites (N-methyl/N-ethyl adjacent to an activating group) is 1. The maximum absolute atomic E-state index is 11.5. The molecule has 0 aliphatic carbocycles. The molecule has 20 heavy (non-hydrogen) atoms. The molecule has 0 saturated heterocycles. The lowest BCUT2D eigenvalue weighted by Gasteiger charge is -2.13. The SMILES string of the molecule is CC(C)CNCc1cc(OCC(=O)N(C)C)ccc1Br. The highest BCUT2D eigenvalue weighted by Crippen LogP contribution is 2.22. The smallest absolute Gasteiger partial charge is 0.259 e. The van der Waals surface area contributed by atoms with Crippen LogP contribution in [0.2, 0.25) is 0 Å². The summed E-state index contributed by atoms with van der Waals surface area (Å²) in [7, 11) is 3.43. The molecular weight excluding hydrogens is 320 g/mol. The number of carbonyl (C=O) groups excluding carboxylic acids is 1. The molecule has 0 unspecified atom stereocenters. The first-order valence-electron chi connectivity index (χ1n) is 6.72. The van der Waals surface area contributed by atoms with Gasteiger partial charge in [-0.1, -0.05) is 29.8 Å². The molecule has 5 heteroatoms. The Balaban J connectivity index is 2.59. The standard InChI is InChI=1S/C15H23BrN2O2/c1-11(2)8-17-9-12-7-13(5-6-14(12)16)20-10-15(19)18(3)4/h5-7,11,17H,8-10H2,1-4H3. The second kappa shape index (κ2) is 8.27. The third kappa shape index (κ3) is 5.92. The highest BCUT2D eigenvalue weighted by molar-refractivity contribution is 9.10. The number of halogens is 1. The van der Waals surface area contributed by atoms with Gasteiger partial charge in [0.25, 0.3) is 5.91 Å². The zero-order chi connectivity index (χ0) is 15.1. The first-order chi connectivity index (χ1) is 9.40. The van der Waals surface area contributed by atoms with Crippen molar-refractivity contribution in [1.82, 2.24) is 10.2 Å². The molecule has 0 spiro atoms. The van der Waals surface area contributed by atoms with Gasteiger partial charge in [-0.2, -0.15) is 0 Å². The Morgan fingerprint density at radius 1 is 1.40 bits per heavy atom. The van der Waals surface area contributed by atoms with Crippen LogP contribution in [-0.2, 0) is 11.3 Å². The molecule has 0 heterocycles. The van der Waals surface area contributed by atoms with E-state index in [0.29, 0.717) is 11.7 Å². The zero-order valence-electron chi connectivity index (χ0n) is 12.6. The second-order valence-corrected chi connectivity index (χ2v) is 6.21. The van der Waals surface area contributed by atoms with Crippen LogP contribution in [0.5, 0.6) is 5.75 Å². The van der Waals surface area contributed by atoms with Crippen LogP contribution >= 0.6 is 15.9 Å². The normalized spacial score (nSPS) is 10.7. The van der Waals surface area contributed by atoms with Crippen molar-refractivity contribution in [3.8, 4) is 5.75 Å². The third-order valence-corrected chi connectivity index (χ3v) is 3.52. The molecule has 0 atom stereocenters. The van der Waals surface area contributed by atoms with Gasteiger partial charge in [-0.25, -0.2) is 0 Å². The summed E-state index contributed by atoms with van der Waals surface area (Å²) >= 11 is 3.53. The molecule has 1 aromatic carbocycles. The summed E-state index contributed by atoms with van der Waals surface area (Å²) in [6.07, 6.45) is 0. The Morgan fingerprint density at radius 3 is 2.70 bits per heavy atom. The lowest BCUT2D eigenvalue weighted by atomic mass is 10.2. The molecule has 1 aromatic rings. The van der Waals surface area contributed by atoms with Crippen LogP contribution in [0.4, 0.5) is 0 Å². The van der Waals surface area contributed by atoms with Crippen LogP contribution in [-0.4, -0.2) is 38.1 Å². The summed E-state index contributed by atoms with van der Waals surface area (Å²) in [6, 6.07) is 5.77. The van der Waals surface area contributed by atoms with Gasteiger partial charge >= 0.3 is 0 Å². The van der Waals surface area contributed by atoms with E-state index < -0.39 is 0 Å². The predicted octanol–water partition coefficient (Wildman–Crippen LogP) is 2.66. The van der Waals surface area contributed by atoms with E-state index in [1.807, 2.05) is 18.2 Å². The maximum atomic E-state index is 11.5. The molecule has 0 bridgehead atoms. The Labute approximate surface area is 129 Å². The van der Waals surface area contributed by atoms with Crippen LogP contribution in [0.1, 0.15) is 19.4 Å². The minimum Gasteiger partial charge on any atom is -0.484 e. The fourth-order valence-electron chi connectivity index (χ4n) is 1.55. The van der Waals surface area contributed by atoms with Crippen molar-refractivity contribution in [3.63, 3.8) is 0 Å². The summed E-state index contributed by atoms with van der Waals surface area (Å²) in [5.41, 5.74) is 1.13. The van der Waals surface area contributed by atoms with Gasteiger partial charge in [0.05, 0.1) is 0 Å². The topological polar surface area (TPSA) is 41.6 Å². The number of nitrogens with zero attached hydrogens (tertiary/aromatic N) is 1. The fourth-order valence-corrected chi connectivity index (χ4v) is 1.93. The molecule has 0 aliphatic heterocycles. The first kappa shape index (κ1) is 17.0. The van der Waals surface area contributed by atoms with Crippen molar-refractivity contribution in [2.45, 2.75) is 20.4 Å². The minimum absolute atomic E-state index is 0.0487. The second-order valence-electron chi connectivity index (χ2n) is 5.35. The number of ether oxygens (including phenoxy) is 1. The number of benzene rings is 1. The summed E-state index contributed by atoms with van der Waals surface area (Å²) in [5.74, 6) is 1.28. The average molecular weight is 343 g/mol. The number of nitrogens with one attached hydrogen (secondary N) is 1. The van der Waals surface area contributed by atoms with Crippen LogP contribution in [0.25, 0.3) is 0 Å². The average Bonchev–Trinajstić information content (AvgIpc) is 2.38. The minimum atomic E-state index is -0.0487. The van der Waals surface area contributed by atoms with Gasteiger partial charge in [-0.3, -0.25) is 4.79 Å². The largest absolute Gasteiger partial charge is 0.484 e. The molecule has 4 nitrogen and oxygen atoms in total. The maximum Gasteiger partial charge on any atom is 0.259 e. The van der Waals surface area contributed by atoms with Crippen molar-refractivity contribution in [1.29, 1.82) is 0 Å². The van der Waals surface area contributed by atoms with E-state index in [0.717, 1.165) is 23.1 Å². The zero-order valence-corrected chi connectivity index (χ0v) is 14.2. The Morgan fingerprint density at radius 2 is 2.10 bits per heavy atom. The number of hydrogen-bond donors (Lipinski definition) is 1. The van der Waals surface area contributed by atoms with Crippen LogP contribution in [0.15, 0.2) is 22.7 Å². The van der Waals surface area contributed by atoms with Gasteiger partial charge in [-0.05, 0) is 36.2 Å². The molecule has 112 valence electrons. The van der Waals surface area contributed by atoms with Gasteiger partial charge in [0.2, 0.25) is 0 Å². The predicted molar refractivity (Wildman–Crippen MR) is 84.9 cm³/mol. The van der Waals surface area contributed by atoms with E-state index in [9.17, 15) is 4.79 Å². The highest BCUT2D eigenvalue weighted by Gasteiger charge is 2.07. The van der Waals surface area contributed by atoms with Gasteiger partial charge in [-0.15, -0.1) is 0 Å². The molecule has 1 amide bonds. The van der Waals surface area contributed by atoms with Crippen molar-refractivity contribution in [3.05, 3.63) is 28.2 Å². The number of amides is 1. The van der Waals surface area contributed by atoms with Crippen molar-refractivity contribution in [2.24, 2.45) is 5.92 Å². The van der Waals surface area contributed by atoms with Crippen molar-refractivity contribution >= 4 is 21.8 Å². The lowest BCUT2D eigenvalue weighted by Crippen LogP contribution is -2.27. The highest BCUT2D eigenvalue weighted by atomic mass is 79.9. The van der Waals surface area contributed by atoms with Gasteiger partial charge in [0, 0.05) is 25.1 Å². The van der Waals surface area contributed by atoms with Crippen LogP contribution in [0.3, 0.4) is 0 Å². The summed E-state index contributed by atoms with van der Waals surface area (Å²) in [6.45, 7) is 6.16. The Kier molecular flexibility index (Phi) is 7.02. The monoisotopic (exact) mass is 342 g/mol. The Bertz CT molecular complexity index is 447. The van der Waals surface area contributed by atoms with Gasteiger partial charge in [0.1, 0.15) is 5.75 Å². The van der Waals surface area contributed by atoms with Gasteiger partial charge < -0.3 is 15.0 Å². The van der Waals surface area contributed by atoms with E-state index in [1.54, 1.807) is 14.1 Å². The Hall–Kier alpha value is -1.07. The van der Waals surface area contributed by atoms with Gasteiger partial charge in [0.15, 0.2) is 6.61 Å². The summed E-state index contributed by atoms with van der Waals surface area (Å²) in [4.78, 5) is 13.0. The number of carbonyl (C=O) groups is 1. The molecule has 0 aromatic heterocycles. The first-order valence-corrected chi connectivity index (χ1v) is 7.51. The molecular formula is C15H23BrN2O2. The fraction of sp³-hybridized carbons (Fsp3) is 0.533. The van der Waals surface area contributed by atoms with Crippen molar-refractivity contribution < 1.29 is 9.53 Å². The third-order valence-electron chi connectivity index (χ3n) is 2.75. The van der Waals surface area contributed by atoms with E-state index in [1.165, 1.54) is 4.90 Å². The molecule has 1 rings (SSSR count). The molecule has 0 fully saturated rings. The van der Waals surface area contributed by atoms with E-state index in [4.69, 9.17) is 4.74 Å². The van der Waals surface area contributed by atoms with E-state index in [2.05, 4.69) is 35.1 Å². The van der Waals surface area contributed by atoms with Crippen LogP contribution < -0.4 is 10.1 Å². The van der Waals surface area contributed by atoms with Crippen molar-refractivity contribution in [2.75, 3.05) is 27.2 Å². The van der Waals surface area contributed by atoms with Crippen LogP contribution in [0, 0.1) is 5.92 Å². The number of rotatable bonds is 7. The molecule has 0 aliphatic rings. The van der Waals surface area contributed by atoms with E-state index in [-0.39, 0.29) is 12.5 Å². The lowest BCUT2D eigenvalue weighted by molar-refractivity contribution is -0.130.